The summed E-state index contributed by atoms with van der Waals surface area (Å²) in [6, 6.07) is 14.4. The van der Waals surface area contributed by atoms with Crippen LogP contribution in [0.1, 0.15) is 36.6 Å². The molecule has 0 aliphatic carbocycles. The zero-order valence-electron chi connectivity index (χ0n) is 17.3. The lowest BCUT2D eigenvalue weighted by Crippen LogP contribution is -2.18. The molecule has 3 aromatic rings. The molecule has 0 aliphatic rings. The molecule has 0 unspecified atom stereocenters. The summed E-state index contributed by atoms with van der Waals surface area (Å²) in [4.78, 5) is 35.6. The minimum atomic E-state index is -4.00. The van der Waals surface area contributed by atoms with E-state index in [1.807, 2.05) is 13.0 Å². The summed E-state index contributed by atoms with van der Waals surface area (Å²) in [5.41, 5.74) is 11.8. The summed E-state index contributed by atoms with van der Waals surface area (Å²) < 4.78 is 28.8. The lowest BCUT2D eigenvalue weighted by Gasteiger charge is -2.12. The van der Waals surface area contributed by atoms with Crippen molar-refractivity contribution in [2.24, 2.45) is 11.5 Å². The fourth-order valence-corrected chi connectivity index (χ4v) is 4.51. The van der Waals surface area contributed by atoms with Gasteiger partial charge < -0.3 is 16.8 Å². The van der Waals surface area contributed by atoms with Gasteiger partial charge in [0.25, 0.3) is 15.9 Å². The van der Waals surface area contributed by atoms with Crippen LogP contribution in [0.4, 0.5) is 11.4 Å². The van der Waals surface area contributed by atoms with Gasteiger partial charge in [-0.1, -0.05) is 12.1 Å². The van der Waals surface area contributed by atoms with Gasteiger partial charge >= 0.3 is 0 Å². The average molecular weight is 531 g/mol. The number of aryl methyl sites for hydroxylation is 1. The van der Waals surface area contributed by atoms with E-state index in [1.54, 1.807) is 12.1 Å². The molecule has 0 saturated heterocycles. The second kappa shape index (κ2) is 9.43. The lowest BCUT2D eigenvalue weighted by molar-refractivity contribution is 0.0994. The minimum absolute atomic E-state index is 0.0224. The molecular formula is C22H19BrN4O5S. The van der Waals surface area contributed by atoms with Gasteiger partial charge in [-0.05, 0) is 76.9 Å². The molecule has 3 rings (SSSR count). The Morgan fingerprint density at radius 1 is 0.848 bits per heavy atom. The summed E-state index contributed by atoms with van der Waals surface area (Å²) in [5, 5.41) is 2.52. The number of anilines is 2. The Hall–Kier alpha value is -3.70. The number of rotatable bonds is 7. The SMILES string of the molecule is Cc1ccc(Br)c(NS(=O)(=O)c2cccc(C(=O)Nc3cc(C(N)=O)cc(C(N)=O)c3)c2)c1. The van der Waals surface area contributed by atoms with Crippen molar-refractivity contribution in [1.29, 1.82) is 0 Å². The normalized spacial score (nSPS) is 11.0. The maximum absolute atomic E-state index is 12.9. The number of amides is 3. The van der Waals surface area contributed by atoms with Crippen LogP contribution < -0.4 is 21.5 Å². The van der Waals surface area contributed by atoms with Gasteiger partial charge in [0.1, 0.15) is 0 Å². The van der Waals surface area contributed by atoms with Crippen LogP contribution in [0.3, 0.4) is 0 Å². The first-order valence-corrected chi connectivity index (χ1v) is 11.7. The second-order valence-electron chi connectivity index (χ2n) is 7.10. The Labute approximate surface area is 198 Å². The molecular weight excluding hydrogens is 512 g/mol. The van der Waals surface area contributed by atoms with E-state index in [0.29, 0.717) is 10.2 Å². The highest BCUT2D eigenvalue weighted by Crippen LogP contribution is 2.26. The molecule has 3 amide bonds. The minimum Gasteiger partial charge on any atom is -0.366 e. The largest absolute Gasteiger partial charge is 0.366 e. The summed E-state index contributed by atoms with van der Waals surface area (Å²) >= 11 is 3.31. The van der Waals surface area contributed by atoms with E-state index in [0.717, 1.165) is 5.56 Å². The first-order chi connectivity index (χ1) is 15.5. The average Bonchev–Trinajstić information content (AvgIpc) is 2.76. The molecule has 170 valence electrons. The van der Waals surface area contributed by atoms with Gasteiger partial charge in [0.2, 0.25) is 11.8 Å². The van der Waals surface area contributed by atoms with Gasteiger partial charge in [-0.25, -0.2) is 8.42 Å². The molecule has 0 aliphatic heterocycles. The molecule has 6 N–H and O–H groups in total. The van der Waals surface area contributed by atoms with E-state index in [1.165, 1.54) is 42.5 Å². The van der Waals surface area contributed by atoms with Crippen molar-refractivity contribution in [3.8, 4) is 0 Å². The number of sulfonamides is 1. The van der Waals surface area contributed by atoms with Crippen molar-refractivity contribution < 1.29 is 22.8 Å². The molecule has 0 fully saturated rings. The zero-order chi connectivity index (χ0) is 24.3. The van der Waals surface area contributed by atoms with Crippen LogP contribution >= 0.6 is 15.9 Å². The van der Waals surface area contributed by atoms with Crippen molar-refractivity contribution in [3.05, 3.63) is 87.4 Å². The second-order valence-corrected chi connectivity index (χ2v) is 9.64. The molecule has 0 saturated carbocycles. The van der Waals surface area contributed by atoms with Crippen molar-refractivity contribution in [2.45, 2.75) is 11.8 Å². The molecule has 0 radical (unpaired) electrons. The summed E-state index contributed by atoms with van der Waals surface area (Å²) in [7, 11) is -4.00. The molecule has 33 heavy (non-hydrogen) atoms. The smallest absolute Gasteiger partial charge is 0.261 e. The predicted octanol–water partition coefficient (Wildman–Crippen LogP) is 3.01. The number of benzene rings is 3. The van der Waals surface area contributed by atoms with Gasteiger partial charge in [0, 0.05) is 26.9 Å². The topological polar surface area (TPSA) is 161 Å². The van der Waals surface area contributed by atoms with Crippen molar-refractivity contribution >= 4 is 55.0 Å². The number of hydrogen-bond acceptors (Lipinski definition) is 5. The zero-order valence-corrected chi connectivity index (χ0v) is 19.7. The number of carbonyl (C=O) groups excluding carboxylic acids is 3. The first-order valence-electron chi connectivity index (χ1n) is 9.41. The third kappa shape index (κ3) is 5.76. The number of nitrogens with one attached hydrogen (secondary N) is 2. The van der Waals surface area contributed by atoms with Crippen LogP contribution in [0.15, 0.2) is 70.0 Å². The quantitative estimate of drug-likeness (QED) is 0.368. The van der Waals surface area contributed by atoms with E-state index in [2.05, 4.69) is 26.0 Å². The Morgan fingerprint density at radius 2 is 1.48 bits per heavy atom. The Morgan fingerprint density at radius 3 is 2.09 bits per heavy atom. The molecule has 0 bridgehead atoms. The van der Waals surface area contributed by atoms with Gasteiger partial charge in [-0.15, -0.1) is 0 Å². The Bertz CT molecular complexity index is 1360. The summed E-state index contributed by atoms with van der Waals surface area (Å²) in [6.07, 6.45) is 0. The van der Waals surface area contributed by atoms with E-state index < -0.39 is 27.7 Å². The Kier molecular flexibility index (Phi) is 6.84. The van der Waals surface area contributed by atoms with Crippen molar-refractivity contribution in [2.75, 3.05) is 10.0 Å². The third-order valence-corrected chi connectivity index (χ3v) is 6.59. The number of hydrogen-bond donors (Lipinski definition) is 4. The first kappa shape index (κ1) is 24.0. The van der Waals surface area contributed by atoms with Crippen LogP contribution in [0, 0.1) is 6.92 Å². The third-order valence-electron chi connectivity index (χ3n) is 4.53. The number of nitrogens with two attached hydrogens (primary N) is 2. The Balaban J connectivity index is 1.89. The van der Waals surface area contributed by atoms with Crippen LogP contribution in [0.2, 0.25) is 0 Å². The fraction of sp³-hybridized carbons (Fsp3) is 0.0455. The molecule has 0 atom stereocenters. The maximum Gasteiger partial charge on any atom is 0.261 e. The molecule has 9 nitrogen and oxygen atoms in total. The monoisotopic (exact) mass is 530 g/mol. The van der Waals surface area contributed by atoms with Crippen molar-refractivity contribution in [1.82, 2.24) is 0 Å². The number of halogens is 1. The highest BCUT2D eigenvalue weighted by molar-refractivity contribution is 9.10. The molecule has 0 aromatic heterocycles. The van der Waals surface area contributed by atoms with E-state index in [9.17, 15) is 22.8 Å². The van der Waals surface area contributed by atoms with Gasteiger partial charge in [-0.2, -0.15) is 0 Å². The van der Waals surface area contributed by atoms with Crippen LogP contribution in [-0.2, 0) is 10.0 Å². The highest BCUT2D eigenvalue weighted by atomic mass is 79.9. The maximum atomic E-state index is 12.9. The van der Waals surface area contributed by atoms with Crippen LogP contribution in [0.5, 0.6) is 0 Å². The van der Waals surface area contributed by atoms with Gasteiger partial charge in [0.05, 0.1) is 10.6 Å². The van der Waals surface area contributed by atoms with E-state index >= 15 is 0 Å². The van der Waals surface area contributed by atoms with Crippen LogP contribution in [0.25, 0.3) is 0 Å². The predicted molar refractivity (Wildman–Crippen MR) is 128 cm³/mol. The van der Waals surface area contributed by atoms with E-state index in [-0.39, 0.29) is 27.3 Å². The molecule has 11 heteroatoms. The number of carbonyl (C=O) groups is 3. The molecule has 0 spiro atoms. The summed E-state index contributed by atoms with van der Waals surface area (Å²) in [5.74, 6) is -2.29. The lowest BCUT2D eigenvalue weighted by atomic mass is 10.1. The van der Waals surface area contributed by atoms with E-state index in [4.69, 9.17) is 11.5 Å². The van der Waals surface area contributed by atoms with Crippen LogP contribution in [-0.4, -0.2) is 26.1 Å². The van der Waals surface area contributed by atoms with Gasteiger partial charge in [-0.3, -0.25) is 19.1 Å². The number of primary amides is 2. The fourth-order valence-electron chi connectivity index (χ4n) is 2.91. The molecule has 0 heterocycles. The van der Waals surface area contributed by atoms with Gasteiger partial charge in [0.15, 0.2) is 0 Å². The van der Waals surface area contributed by atoms with Crippen molar-refractivity contribution in [3.63, 3.8) is 0 Å². The highest BCUT2D eigenvalue weighted by Gasteiger charge is 2.18. The standard InChI is InChI=1S/C22H19BrN4O5S/c1-12-5-6-18(23)19(7-12)27-33(31,32)17-4-2-3-13(11-17)22(30)26-16-9-14(20(24)28)8-15(10-16)21(25)29/h2-11,27H,1H3,(H2,24,28)(H2,25,29)(H,26,30). The molecule has 3 aromatic carbocycles. The summed E-state index contributed by atoms with van der Waals surface area (Å²) in [6.45, 7) is 1.83.